The van der Waals surface area contributed by atoms with Crippen molar-refractivity contribution < 1.29 is 25.7 Å². The first-order valence-electron chi connectivity index (χ1n) is 9.52. The van der Waals surface area contributed by atoms with Crippen LogP contribution in [0.2, 0.25) is 0 Å². The van der Waals surface area contributed by atoms with Crippen LogP contribution >= 0.6 is 0 Å². The van der Waals surface area contributed by atoms with E-state index >= 15 is 0 Å². The van der Waals surface area contributed by atoms with Crippen molar-refractivity contribution >= 4 is 22.2 Å². The molecule has 2 aromatic carbocycles. The smallest absolute Gasteiger partial charge is 0.358 e. The van der Waals surface area contributed by atoms with Crippen molar-refractivity contribution in [3.8, 4) is 5.75 Å². The number of benzene rings is 2. The molecule has 1 unspecified atom stereocenters. The van der Waals surface area contributed by atoms with Crippen LogP contribution in [-0.2, 0) is 17.0 Å². The molecule has 2 amide bonds. The number of nitrogens with one attached hydrogen (secondary N) is 2. The first-order valence-corrected chi connectivity index (χ1v) is 10.8. The molecular weight excluding hydrogens is 416 g/mol. The number of hydrogen-bond donors (Lipinski definition) is 2. The van der Waals surface area contributed by atoms with Crippen LogP contribution in [0.5, 0.6) is 5.75 Å². The van der Waals surface area contributed by atoms with Crippen LogP contribution in [0.1, 0.15) is 18.4 Å². The maximum Gasteiger partial charge on any atom is 0.488 e. The average molecular weight is 439 g/mol. The van der Waals surface area contributed by atoms with Gasteiger partial charge in [-0.25, -0.2) is 9.18 Å². The van der Waals surface area contributed by atoms with Gasteiger partial charge in [0.25, 0.3) is 0 Å². The van der Waals surface area contributed by atoms with Crippen molar-refractivity contribution in [2.45, 2.75) is 19.4 Å². The fourth-order valence-corrected chi connectivity index (χ4v) is 3.80. The van der Waals surface area contributed by atoms with E-state index in [2.05, 4.69) is 19.7 Å². The van der Waals surface area contributed by atoms with Crippen LogP contribution in [0, 0.1) is 11.7 Å². The van der Waals surface area contributed by atoms with Gasteiger partial charge in [-0.3, -0.25) is 4.90 Å². The van der Waals surface area contributed by atoms with Crippen molar-refractivity contribution in [1.29, 1.82) is 0 Å². The Balaban J connectivity index is 1.45. The van der Waals surface area contributed by atoms with Gasteiger partial charge in [-0.05, 0) is 61.2 Å². The van der Waals surface area contributed by atoms with Gasteiger partial charge in [-0.15, -0.1) is 0 Å². The minimum Gasteiger partial charge on any atom is -0.358 e. The SMILES string of the molecule is O=C(NCC1CCCN(Cc2ccc(OS(=O)(=O)F)cc2)C1)Nc1cccc(F)c1. The Morgan fingerprint density at radius 2 is 1.97 bits per heavy atom. The van der Waals surface area contributed by atoms with Gasteiger partial charge >= 0.3 is 16.5 Å². The number of hydrogen-bond acceptors (Lipinski definition) is 5. The normalized spacial score (nSPS) is 17.3. The minimum atomic E-state index is -5.03. The van der Waals surface area contributed by atoms with Crippen molar-refractivity contribution in [3.05, 3.63) is 59.9 Å². The van der Waals surface area contributed by atoms with E-state index in [0.717, 1.165) is 31.5 Å². The summed E-state index contributed by atoms with van der Waals surface area (Å²) in [7, 11) is -5.03. The van der Waals surface area contributed by atoms with Gasteiger partial charge in [-0.2, -0.15) is 8.42 Å². The largest absolute Gasteiger partial charge is 0.488 e. The molecule has 0 radical (unpaired) electrons. The molecule has 162 valence electrons. The molecule has 30 heavy (non-hydrogen) atoms. The molecule has 1 aliphatic heterocycles. The Kier molecular flexibility index (Phi) is 7.22. The highest BCUT2D eigenvalue weighted by molar-refractivity contribution is 7.81. The number of carbonyl (C=O) groups is 1. The number of anilines is 1. The number of likely N-dealkylation sites (tertiary alicyclic amines) is 1. The fourth-order valence-electron chi connectivity index (χ4n) is 3.46. The molecule has 0 aromatic heterocycles. The van der Waals surface area contributed by atoms with E-state index in [9.17, 15) is 21.5 Å². The molecule has 0 saturated carbocycles. The van der Waals surface area contributed by atoms with Gasteiger partial charge in [-0.1, -0.05) is 22.1 Å². The summed E-state index contributed by atoms with van der Waals surface area (Å²) in [6.45, 7) is 2.84. The van der Waals surface area contributed by atoms with E-state index in [-0.39, 0.29) is 17.7 Å². The highest BCUT2D eigenvalue weighted by Gasteiger charge is 2.20. The number of rotatable bonds is 7. The minimum absolute atomic E-state index is 0.0775. The number of halogens is 2. The van der Waals surface area contributed by atoms with Crippen molar-refractivity contribution in [1.82, 2.24) is 10.2 Å². The molecule has 0 bridgehead atoms. The summed E-state index contributed by atoms with van der Waals surface area (Å²) in [4.78, 5) is 14.3. The summed E-state index contributed by atoms with van der Waals surface area (Å²) in [6.07, 6.45) is 1.97. The van der Waals surface area contributed by atoms with Crippen molar-refractivity contribution in [2.75, 3.05) is 25.0 Å². The van der Waals surface area contributed by atoms with Crippen LogP contribution in [0.15, 0.2) is 48.5 Å². The van der Waals surface area contributed by atoms with E-state index in [0.29, 0.717) is 18.8 Å². The Hall–Kier alpha value is -2.72. The van der Waals surface area contributed by atoms with E-state index in [1.54, 1.807) is 18.2 Å². The van der Waals surface area contributed by atoms with Gasteiger partial charge in [0.2, 0.25) is 0 Å². The third-order valence-corrected chi connectivity index (χ3v) is 5.15. The highest BCUT2D eigenvalue weighted by Crippen LogP contribution is 2.20. The number of carbonyl (C=O) groups excluding carboxylic acids is 1. The quantitative estimate of drug-likeness (QED) is 0.646. The maximum absolute atomic E-state index is 13.2. The predicted molar refractivity (Wildman–Crippen MR) is 109 cm³/mol. The van der Waals surface area contributed by atoms with Gasteiger partial charge < -0.3 is 14.8 Å². The molecule has 2 N–H and O–H groups in total. The lowest BCUT2D eigenvalue weighted by atomic mass is 9.97. The topological polar surface area (TPSA) is 87.7 Å². The Labute approximate surface area is 174 Å². The van der Waals surface area contributed by atoms with Crippen LogP contribution in [0.3, 0.4) is 0 Å². The molecule has 1 heterocycles. The molecule has 1 atom stereocenters. The second-order valence-corrected chi connectivity index (χ2v) is 8.16. The molecule has 0 aliphatic carbocycles. The van der Waals surface area contributed by atoms with Crippen molar-refractivity contribution in [2.24, 2.45) is 5.92 Å². The third kappa shape index (κ3) is 7.27. The number of nitrogens with zero attached hydrogens (tertiary/aromatic N) is 1. The summed E-state index contributed by atoms with van der Waals surface area (Å²) >= 11 is 0. The average Bonchev–Trinajstić information content (AvgIpc) is 2.67. The molecule has 1 saturated heterocycles. The summed E-state index contributed by atoms with van der Waals surface area (Å²) in [5.74, 6) is -0.218. The summed E-state index contributed by atoms with van der Waals surface area (Å²) in [5, 5.41) is 5.44. The number of piperidine rings is 1. The van der Waals surface area contributed by atoms with Gasteiger partial charge in [0, 0.05) is 25.3 Å². The van der Waals surface area contributed by atoms with Gasteiger partial charge in [0.15, 0.2) is 0 Å². The Morgan fingerprint density at radius 1 is 1.20 bits per heavy atom. The zero-order valence-electron chi connectivity index (χ0n) is 16.2. The molecule has 0 spiro atoms. The first-order chi connectivity index (χ1) is 14.3. The Bertz CT molecular complexity index is 970. The van der Waals surface area contributed by atoms with Crippen LogP contribution in [0.25, 0.3) is 0 Å². The first kappa shape index (κ1) is 22.0. The standard InChI is InChI=1S/C20H23F2N3O4S/c21-17-4-1-5-18(11-17)24-20(26)23-12-16-3-2-10-25(14-16)13-15-6-8-19(9-7-15)29-30(22,27)28/h1,4-9,11,16H,2-3,10,12-14H2,(H2,23,24,26). The second kappa shape index (κ2) is 9.86. The number of amides is 2. The predicted octanol–water partition coefficient (Wildman–Crippen LogP) is 3.45. The van der Waals surface area contributed by atoms with E-state index < -0.39 is 16.3 Å². The lowest BCUT2D eigenvalue weighted by molar-refractivity contribution is 0.166. The molecule has 1 aliphatic rings. The summed E-state index contributed by atoms with van der Waals surface area (Å²) in [5.41, 5.74) is 1.34. The molecule has 10 heteroatoms. The van der Waals surface area contributed by atoms with Gasteiger partial charge in [0.05, 0.1) is 0 Å². The zero-order chi connectivity index (χ0) is 21.6. The lowest BCUT2D eigenvalue weighted by Crippen LogP contribution is -2.41. The van der Waals surface area contributed by atoms with Crippen molar-refractivity contribution in [3.63, 3.8) is 0 Å². The highest BCUT2D eigenvalue weighted by atomic mass is 32.3. The zero-order valence-corrected chi connectivity index (χ0v) is 17.0. The maximum atomic E-state index is 13.2. The summed E-state index contributed by atoms with van der Waals surface area (Å²) in [6, 6.07) is 11.5. The summed E-state index contributed by atoms with van der Waals surface area (Å²) < 4.78 is 51.0. The molecule has 7 nitrogen and oxygen atoms in total. The van der Waals surface area contributed by atoms with E-state index in [1.807, 2.05) is 0 Å². The van der Waals surface area contributed by atoms with E-state index in [1.165, 1.54) is 30.3 Å². The van der Waals surface area contributed by atoms with Gasteiger partial charge in [0.1, 0.15) is 11.6 Å². The molecular formula is C20H23F2N3O4S. The van der Waals surface area contributed by atoms with E-state index in [4.69, 9.17) is 0 Å². The number of urea groups is 1. The molecule has 3 rings (SSSR count). The second-order valence-electron chi connectivity index (χ2n) is 7.21. The lowest BCUT2D eigenvalue weighted by Gasteiger charge is -2.32. The van der Waals surface area contributed by atoms with Crippen LogP contribution in [0.4, 0.5) is 18.8 Å². The molecule has 2 aromatic rings. The fraction of sp³-hybridized carbons (Fsp3) is 0.350. The third-order valence-electron chi connectivity index (χ3n) is 4.76. The Morgan fingerprint density at radius 3 is 2.67 bits per heavy atom. The van der Waals surface area contributed by atoms with Crippen LogP contribution < -0.4 is 14.8 Å². The van der Waals surface area contributed by atoms with Crippen LogP contribution in [-0.4, -0.2) is 39.0 Å². The molecule has 1 fully saturated rings. The monoisotopic (exact) mass is 439 g/mol.